The normalized spacial score (nSPS) is 11.2. The van der Waals surface area contributed by atoms with Gasteiger partial charge in [-0.1, -0.05) is 42.5 Å². The maximum atomic E-state index is 4.75. The number of aromatic nitrogens is 2. The van der Waals surface area contributed by atoms with E-state index in [9.17, 15) is 0 Å². The molecule has 2 heterocycles. The average molecular weight is 347 g/mol. The van der Waals surface area contributed by atoms with E-state index in [-0.39, 0.29) is 0 Å². The molecule has 0 aliphatic rings. The van der Waals surface area contributed by atoms with E-state index in [1.165, 1.54) is 33.3 Å². The molecule has 3 nitrogen and oxygen atoms in total. The second kappa shape index (κ2) is 6.37. The topological polar surface area (TPSA) is 29.9 Å². The van der Waals surface area contributed by atoms with Crippen molar-refractivity contribution < 1.29 is 0 Å². The van der Waals surface area contributed by atoms with E-state index >= 15 is 0 Å². The number of nitrogens with one attached hydrogen (secondary N) is 1. The molecule has 0 saturated carbocycles. The molecule has 4 rings (SSSR count). The zero-order valence-corrected chi connectivity index (χ0v) is 15.5. The lowest BCUT2D eigenvalue weighted by molar-refractivity contribution is 0.805. The molecule has 25 heavy (non-hydrogen) atoms. The zero-order valence-electron chi connectivity index (χ0n) is 14.7. The Hall–Kier alpha value is -2.59. The first-order chi connectivity index (χ1) is 12.2. The Labute approximate surface area is 152 Å². The van der Waals surface area contributed by atoms with E-state index in [4.69, 9.17) is 4.98 Å². The van der Waals surface area contributed by atoms with Crippen molar-refractivity contribution in [3.63, 3.8) is 0 Å². The number of hydrogen-bond acceptors (Lipinski definition) is 3. The largest absolute Gasteiger partial charge is 0.365 e. The van der Waals surface area contributed by atoms with Gasteiger partial charge in [0.05, 0.1) is 5.69 Å². The molecule has 0 radical (unpaired) electrons. The van der Waals surface area contributed by atoms with Crippen LogP contribution in [0.15, 0.2) is 53.9 Å². The quantitative estimate of drug-likeness (QED) is 0.530. The molecule has 0 aliphatic heterocycles. The molecule has 0 saturated heterocycles. The van der Waals surface area contributed by atoms with Gasteiger partial charge in [0.2, 0.25) is 0 Å². The SMILES string of the molecule is CNc1nc(-c2c(C)n(Cc3ccccc3)c3cc(C)ccc23)cs1. The van der Waals surface area contributed by atoms with Crippen molar-refractivity contribution in [1.82, 2.24) is 9.55 Å². The van der Waals surface area contributed by atoms with Gasteiger partial charge >= 0.3 is 0 Å². The van der Waals surface area contributed by atoms with Crippen LogP contribution in [0, 0.1) is 13.8 Å². The van der Waals surface area contributed by atoms with Crippen LogP contribution in [-0.2, 0) is 6.54 Å². The van der Waals surface area contributed by atoms with Crippen molar-refractivity contribution in [3.05, 3.63) is 70.7 Å². The lowest BCUT2D eigenvalue weighted by Crippen LogP contribution is -2.01. The van der Waals surface area contributed by atoms with Gasteiger partial charge in [0, 0.05) is 41.1 Å². The Kier molecular flexibility index (Phi) is 4.06. The van der Waals surface area contributed by atoms with Gasteiger partial charge in [0.15, 0.2) is 5.13 Å². The summed E-state index contributed by atoms with van der Waals surface area (Å²) in [5, 5.41) is 7.50. The fourth-order valence-electron chi connectivity index (χ4n) is 3.38. The number of thiazole rings is 1. The van der Waals surface area contributed by atoms with Crippen LogP contribution < -0.4 is 5.32 Å². The van der Waals surface area contributed by atoms with Crippen molar-refractivity contribution in [3.8, 4) is 11.3 Å². The number of fused-ring (bicyclic) bond motifs is 1. The number of benzene rings is 2. The van der Waals surface area contributed by atoms with Crippen LogP contribution in [0.2, 0.25) is 0 Å². The van der Waals surface area contributed by atoms with Gasteiger partial charge < -0.3 is 9.88 Å². The second-order valence-corrected chi connectivity index (χ2v) is 7.20. The molecule has 0 atom stereocenters. The van der Waals surface area contributed by atoms with E-state index < -0.39 is 0 Å². The Balaban J connectivity index is 1.93. The monoisotopic (exact) mass is 347 g/mol. The van der Waals surface area contributed by atoms with Gasteiger partial charge in [0.1, 0.15) is 0 Å². The molecule has 4 heteroatoms. The third-order valence-electron chi connectivity index (χ3n) is 4.64. The summed E-state index contributed by atoms with van der Waals surface area (Å²) in [5.74, 6) is 0. The second-order valence-electron chi connectivity index (χ2n) is 6.34. The highest BCUT2D eigenvalue weighted by molar-refractivity contribution is 7.14. The maximum Gasteiger partial charge on any atom is 0.182 e. The minimum absolute atomic E-state index is 0.871. The molecule has 0 bridgehead atoms. The molecule has 0 spiro atoms. The molecular weight excluding hydrogens is 326 g/mol. The number of aryl methyl sites for hydroxylation is 1. The lowest BCUT2D eigenvalue weighted by Gasteiger charge is -2.09. The summed E-state index contributed by atoms with van der Waals surface area (Å²) in [7, 11) is 1.91. The average Bonchev–Trinajstić information content (AvgIpc) is 3.19. The molecule has 0 unspecified atom stereocenters. The molecule has 2 aromatic heterocycles. The van der Waals surface area contributed by atoms with Gasteiger partial charge in [-0.2, -0.15) is 0 Å². The molecule has 126 valence electrons. The smallest absolute Gasteiger partial charge is 0.182 e. The summed E-state index contributed by atoms with van der Waals surface area (Å²) in [6.45, 7) is 5.22. The van der Waals surface area contributed by atoms with Crippen molar-refractivity contribution >= 4 is 27.4 Å². The Morgan fingerprint density at radius 1 is 1.08 bits per heavy atom. The van der Waals surface area contributed by atoms with E-state index in [1.54, 1.807) is 11.3 Å². The maximum absolute atomic E-state index is 4.75. The highest BCUT2D eigenvalue weighted by atomic mass is 32.1. The molecular formula is C21H21N3S. The number of rotatable bonds is 4. The van der Waals surface area contributed by atoms with Crippen molar-refractivity contribution in [1.29, 1.82) is 0 Å². The number of nitrogens with zero attached hydrogens (tertiary/aromatic N) is 2. The van der Waals surface area contributed by atoms with Gasteiger partial charge in [-0.25, -0.2) is 4.98 Å². The van der Waals surface area contributed by atoms with Gasteiger partial charge in [-0.15, -0.1) is 11.3 Å². The van der Waals surface area contributed by atoms with E-state index in [0.717, 1.165) is 17.4 Å². The number of hydrogen-bond donors (Lipinski definition) is 1. The molecule has 2 aromatic carbocycles. The summed E-state index contributed by atoms with van der Waals surface area (Å²) >= 11 is 1.65. The van der Waals surface area contributed by atoms with Crippen LogP contribution in [0.5, 0.6) is 0 Å². The molecule has 0 aliphatic carbocycles. The van der Waals surface area contributed by atoms with Gasteiger partial charge in [0.25, 0.3) is 0 Å². The van der Waals surface area contributed by atoms with Crippen molar-refractivity contribution in [2.45, 2.75) is 20.4 Å². The van der Waals surface area contributed by atoms with E-state index in [2.05, 4.69) is 77.6 Å². The first-order valence-electron chi connectivity index (χ1n) is 8.44. The van der Waals surface area contributed by atoms with Gasteiger partial charge in [-0.3, -0.25) is 0 Å². The van der Waals surface area contributed by atoms with Crippen molar-refractivity contribution in [2.75, 3.05) is 12.4 Å². The van der Waals surface area contributed by atoms with Crippen LogP contribution >= 0.6 is 11.3 Å². The fraction of sp³-hybridized carbons (Fsp3) is 0.190. The predicted molar refractivity (Wildman–Crippen MR) is 108 cm³/mol. The summed E-state index contributed by atoms with van der Waals surface area (Å²) in [6.07, 6.45) is 0. The first kappa shape index (κ1) is 15.9. The predicted octanol–water partition coefficient (Wildman–Crippen LogP) is 5.47. The summed E-state index contributed by atoms with van der Waals surface area (Å²) in [4.78, 5) is 4.75. The Morgan fingerprint density at radius 2 is 1.88 bits per heavy atom. The summed E-state index contributed by atoms with van der Waals surface area (Å²) < 4.78 is 2.41. The number of anilines is 1. The third kappa shape index (κ3) is 2.83. The lowest BCUT2D eigenvalue weighted by atomic mass is 10.1. The highest BCUT2D eigenvalue weighted by Crippen LogP contribution is 2.36. The Bertz CT molecular complexity index is 1030. The minimum Gasteiger partial charge on any atom is -0.365 e. The molecule has 0 fully saturated rings. The minimum atomic E-state index is 0.871. The van der Waals surface area contributed by atoms with Gasteiger partial charge in [-0.05, 0) is 31.0 Å². The molecule has 0 amide bonds. The van der Waals surface area contributed by atoms with Crippen molar-refractivity contribution in [2.24, 2.45) is 0 Å². The van der Waals surface area contributed by atoms with Crippen LogP contribution in [-0.4, -0.2) is 16.6 Å². The molecule has 1 N–H and O–H groups in total. The van der Waals surface area contributed by atoms with E-state index in [0.29, 0.717) is 0 Å². The standard InChI is InChI=1S/C21H21N3S/c1-14-9-10-17-19(11-14)24(12-16-7-5-4-6-8-16)15(2)20(17)18-13-25-21(22-3)23-18/h4-11,13H,12H2,1-3H3,(H,22,23). The highest BCUT2D eigenvalue weighted by Gasteiger charge is 2.18. The van der Waals surface area contributed by atoms with E-state index in [1.807, 2.05) is 7.05 Å². The summed E-state index contributed by atoms with van der Waals surface area (Å²) in [5.41, 5.74) is 7.41. The zero-order chi connectivity index (χ0) is 17.4. The third-order valence-corrected chi connectivity index (χ3v) is 5.50. The van der Waals surface area contributed by atoms with Crippen LogP contribution in [0.1, 0.15) is 16.8 Å². The fourth-order valence-corrected chi connectivity index (χ4v) is 4.05. The van der Waals surface area contributed by atoms with Crippen LogP contribution in [0.25, 0.3) is 22.2 Å². The first-order valence-corrected chi connectivity index (χ1v) is 9.32. The molecule has 4 aromatic rings. The summed E-state index contributed by atoms with van der Waals surface area (Å²) in [6, 6.07) is 17.3. The Morgan fingerprint density at radius 3 is 2.60 bits per heavy atom. The van der Waals surface area contributed by atoms with Crippen LogP contribution in [0.4, 0.5) is 5.13 Å². The van der Waals surface area contributed by atoms with Crippen LogP contribution in [0.3, 0.4) is 0 Å².